The van der Waals surface area contributed by atoms with Gasteiger partial charge >= 0.3 is 17.8 Å². The van der Waals surface area contributed by atoms with Gasteiger partial charge in [0.25, 0.3) is 0 Å². The number of carbonyl (C=O) groups is 5. The molecule has 204 valence electrons. The Labute approximate surface area is 213 Å². The largest absolute Gasteiger partial charge is 0.481 e. The Morgan fingerprint density at radius 3 is 2.16 bits per heavy atom. The Hall–Kier alpha value is -4.49. The van der Waals surface area contributed by atoms with Gasteiger partial charge in [-0.1, -0.05) is 12.1 Å². The van der Waals surface area contributed by atoms with E-state index in [2.05, 4.69) is 20.7 Å². The molecular formula is C24H23F4N3O7. The third-order valence-corrected chi connectivity index (χ3v) is 5.01. The van der Waals surface area contributed by atoms with Gasteiger partial charge in [-0.2, -0.15) is 8.78 Å². The van der Waals surface area contributed by atoms with Crippen LogP contribution in [-0.2, 0) is 24.0 Å². The van der Waals surface area contributed by atoms with Gasteiger partial charge in [0.15, 0.2) is 23.2 Å². The minimum absolute atomic E-state index is 0.0634. The van der Waals surface area contributed by atoms with Crippen molar-refractivity contribution in [3.8, 4) is 5.75 Å². The molecule has 0 heterocycles. The van der Waals surface area contributed by atoms with E-state index in [4.69, 9.17) is 5.11 Å². The molecule has 2 aromatic carbocycles. The Balaban J connectivity index is 2.03. The first-order valence-corrected chi connectivity index (χ1v) is 11.0. The van der Waals surface area contributed by atoms with Crippen LogP contribution in [0.1, 0.15) is 25.3 Å². The molecule has 0 aliphatic rings. The number of carboxylic acid groups (broad SMARTS) is 1. The standard InChI is InChI=1S/C24H23F4N3O7/c1-11-4-3-5-13(8-11)30-24(37)23(36)29-12(2)22(35)31-16(6-7-18(33)34)17(32)10-38-21-19(27)14(25)9-15(26)20(21)28/h3-5,8-9,12,16H,6-7,10H2,1-2H3,(H,29,36)(H,30,37)(H,31,35)(H,33,34). The molecule has 38 heavy (non-hydrogen) atoms. The first-order valence-electron chi connectivity index (χ1n) is 11.0. The number of carboxylic acids is 1. The molecule has 0 saturated heterocycles. The Kier molecular flexibility index (Phi) is 10.3. The summed E-state index contributed by atoms with van der Waals surface area (Å²) in [5.41, 5.74) is 1.14. The average Bonchev–Trinajstić information content (AvgIpc) is 2.84. The van der Waals surface area contributed by atoms with Gasteiger partial charge in [-0.25, -0.2) is 8.78 Å². The fourth-order valence-electron chi connectivity index (χ4n) is 3.04. The third kappa shape index (κ3) is 8.28. The van der Waals surface area contributed by atoms with Crippen LogP contribution in [0.4, 0.5) is 23.2 Å². The molecule has 0 spiro atoms. The highest BCUT2D eigenvalue weighted by atomic mass is 19.2. The summed E-state index contributed by atoms with van der Waals surface area (Å²) in [5, 5.41) is 15.5. The Morgan fingerprint density at radius 2 is 1.58 bits per heavy atom. The Morgan fingerprint density at radius 1 is 0.947 bits per heavy atom. The van der Waals surface area contributed by atoms with Crippen LogP contribution in [0.5, 0.6) is 5.75 Å². The maximum absolute atomic E-state index is 13.8. The maximum atomic E-state index is 13.8. The molecule has 0 saturated carbocycles. The normalized spacial score (nSPS) is 12.2. The van der Waals surface area contributed by atoms with E-state index in [0.29, 0.717) is 5.69 Å². The summed E-state index contributed by atoms with van der Waals surface area (Å²) in [6.45, 7) is 1.74. The summed E-state index contributed by atoms with van der Waals surface area (Å²) in [5.74, 6) is -14.6. The van der Waals surface area contributed by atoms with E-state index in [-0.39, 0.29) is 6.07 Å². The van der Waals surface area contributed by atoms with Gasteiger partial charge < -0.3 is 25.8 Å². The van der Waals surface area contributed by atoms with Crippen LogP contribution in [0.3, 0.4) is 0 Å². The number of anilines is 1. The Bertz CT molecular complexity index is 1230. The zero-order valence-electron chi connectivity index (χ0n) is 20.1. The number of hydrogen-bond donors (Lipinski definition) is 4. The highest BCUT2D eigenvalue weighted by molar-refractivity contribution is 6.40. The van der Waals surface area contributed by atoms with Crippen molar-refractivity contribution >= 4 is 35.2 Å². The van der Waals surface area contributed by atoms with E-state index in [1.165, 1.54) is 13.0 Å². The van der Waals surface area contributed by atoms with E-state index < -0.39 is 90.0 Å². The molecule has 2 atom stereocenters. The molecule has 0 aromatic heterocycles. The number of amides is 3. The predicted molar refractivity (Wildman–Crippen MR) is 123 cm³/mol. The van der Waals surface area contributed by atoms with Gasteiger partial charge in [0.1, 0.15) is 12.6 Å². The lowest BCUT2D eigenvalue weighted by Gasteiger charge is -2.20. The van der Waals surface area contributed by atoms with E-state index in [0.717, 1.165) is 5.56 Å². The molecule has 10 nitrogen and oxygen atoms in total. The predicted octanol–water partition coefficient (Wildman–Crippen LogP) is 1.99. The van der Waals surface area contributed by atoms with Crippen molar-refractivity contribution < 1.29 is 51.4 Å². The van der Waals surface area contributed by atoms with Crippen molar-refractivity contribution in [3.05, 3.63) is 59.2 Å². The van der Waals surface area contributed by atoms with Gasteiger partial charge in [0.05, 0.1) is 6.04 Å². The number of ketones is 1. The highest BCUT2D eigenvalue weighted by Gasteiger charge is 2.28. The van der Waals surface area contributed by atoms with Crippen LogP contribution in [0.25, 0.3) is 0 Å². The monoisotopic (exact) mass is 541 g/mol. The number of ether oxygens (including phenoxy) is 1. The third-order valence-electron chi connectivity index (χ3n) is 5.01. The fourth-order valence-corrected chi connectivity index (χ4v) is 3.04. The van der Waals surface area contributed by atoms with E-state index >= 15 is 0 Å². The lowest BCUT2D eigenvalue weighted by Crippen LogP contribution is -2.52. The number of halogens is 4. The van der Waals surface area contributed by atoms with Crippen molar-refractivity contribution in [1.29, 1.82) is 0 Å². The molecular weight excluding hydrogens is 518 g/mol. The van der Waals surface area contributed by atoms with Crippen LogP contribution in [-0.4, -0.2) is 53.3 Å². The van der Waals surface area contributed by atoms with Crippen molar-refractivity contribution in [3.63, 3.8) is 0 Å². The molecule has 0 radical (unpaired) electrons. The lowest BCUT2D eigenvalue weighted by atomic mass is 10.1. The van der Waals surface area contributed by atoms with Crippen LogP contribution >= 0.6 is 0 Å². The number of benzene rings is 2. The van der Waals surface area contributed by atoms with Crippen LogP contribution in [0.15, 0.2) is 30.3 Å². The molecule has 4 N–H and O–H groups in total. The van der Waals surface area contributed by atoms with Gasteiger partial charge in [0.2, 0.25) is 17.5 Å². The summed E-state index contributed by atoms with van der Waals surface area (Å²) in [6.07, 6.45) is -1.13. The van der Waals surface area contributed by atoms with Gasteiger partial charge in [-0.3, -0.25) is 24.0 Å². The zero-order valence-corrected chi connectivity index (χ0v) is 20.1. The van der Waals surface area contributed by atoms with Crippen molar-refractivity contribution in [1.82, 2.24) is 10.6 Å². The van der Waals surface area contributed by atoms with E-state index in [1.54, 1.807) is 25.1 Å². The van der Waals surface area contributed by atoms with Crippen molar-refractivity contribution in [2.24, 2.45) is 0 Å². The number of Topliss-reactive ketones (excluding diaryl/α,β-unsaturated/α-hetero) is 1. The van der Waals surface area contributed by atoms with E-state index in [9.17, 15) is 41.5 Å². The van der Waals surface area contributed by atoms with Gasteiger partial charge in [-0.05, 0) is 38.0 Å². The summed E-state index contributed by atoms with van der Waals surface area (Å²) < 4.78 is 58.8. The minimum Gasteiger partial charge on any atom is -0.481 e. The highest BCUT2D eigenvalue weighted by Crippen LogP contribution is 2.26. The van der Waals surface area contributed by atoms with Crippen LogP contribution in [0, 0.1) is 30.2 Å². The molecule has 14 heteroatoms. The number of aliphatic carboxylic acids is 1. The molecule has 3 amide bonds. The van der Waals surface area contributed by atoms with Crippen molar-refractivity contribution in [2.45, 2.75) is 38.8 Å². The molecule has 2 aromatic rings. The number of carbonyl (C=O) groups excluding carboxylic acids is 4. The summed E-state index contributed by atoms with van der Waals surface area (Å²) >= 11 is 0. The number of nitrogens with one attached hydrogen (secondary N) is 3. The van der Waals surface area contributed by atoms with E-state index in [1.807, 2.05) is 0 Å². The first-order chi connectivity index (χ1) is 17.8. The molecule has 0 bridgehead atoms. The second kappa shape index (κ2) is 13.2. The molecule has 0 fully saturated rings. The minimum atomic E-state index is -1.90. The van der Waals surface area contributed by atoms with Crippen LogP contribution in [0.2, 0.25) is 0 Å². The molecule has 0 aliphatic carbocycles. The SMILES string of the molecule is Cc1cccc(NC(=O)C(=O)NC(C)C(=O)NC(CCC(=O)O)C(=O)COc2c(F)c(F)cc(F)c2F)c1. The maximum Gasteiger partial charge on any atom is 0.313 e. The summed E-state index contributed by atoms with van der Waals surface area (Å²) in [6, 6.07) is 3.49. The molecule has 2 rings (SSSR count). The van der Waals surface area contributed by atoms with Gasteiger partial charge in [0, 0.05) is 18.2 Å². The molecule has 0 aliphatic heterocycles. The van der Waals surface area contributed by atoms with Crippen LogP contribution < -0.4 is 20.7 Å². The first kappa shape index (κ1) is 29.7. The summed E-state index contributed by atoms with van der Waals surface area (Å²) in [7, 11) is 0. The topological polar surface area (TPSA) is 151 Å². The smallest absolute Gasteiger partial charge is 0.313 e. The second-order valence-electron chi connectivity index (χ2n) is 8.06. The zero-order chi connectivity index (χ0) is 28.6. The lowest BCUT2D eigenvalue weighted by molar-refractivity contribution is -0.139. The number of rotatable bonds is 11. The fraction of sp³-hybridized carbons (Fsp3) is 0.292. The quantitative estimate of drug-likeness (QED) is 0.193. The number of aryl methyl sites for hydroxylation is 1. The second-order valence-corrected chi connectivity index (χ2v) is 8.06. The number of hydrogen-bond acceptors (Lipinski definition) is 6. The average molecular weight is 541 g/mol. The summed E-state index contributed by atoms with van der Waals surface area (Å²) in [4.78, 5) is 60.3. The van der Waals surface area contributed by atoms with Gasteiger partial charge in [-0.15, -0.1) is 0 Å². The molecule has 2 unspecified atom stereocenters. The van der Waals surface area contributed by atoms with Crippen molar-refractivity contribution in [2.75, 3.05) is 11.9 Å².